The monoisotopic (exact) mass is 273 g/mol. The van der Waals surface area contributed by atoms with E-state index in [4.69, 9.17) is 4.74 Å². The van der Waals surface area contributed by atoms with Gasteiger partial charge in [-0.25, -0.2) is 4.98 Å². The van der Waals surface area contributed by atoms with Crippen molar-refractivity contribution in [3.63, 3.8) is 0 Å². The third-order valence-corrected chi connectivity index (χ3v) is 3.71. The van der Waals surface area contributed by atoms with E-state index < -0.39 is 0 Å². The van der Waals surface area contributed by atoms with Gasteiger partial charge in [0.15, 0.2) is 0 Å². The van der Waals surface area contributed by atoms with Crippen LogP contribution in [-0.4, -0.2) is 45.9 Å². The van der Waals surface area contributed by atoms with Crippen molar-refractivity contribution in [1.82, 2.24) is 14.5 Å². The zero-order valence-corrected chi connectivity index (χ0v) is 11.6. The van der Waals surface area contributed by atoms with Crippen molar-refractivity contribution in [2.75, 3.05) is 26.3 Å². The number of phenols is 1. The van der Waals surface area contributed by atoms with Crippen molar-refractivity contribution in [2.24, 2.45) is 0 Å². The SMILES string of the molecule is Cc1c(CN2CCOCC2)ncn1-c1ccc(O)cc1. The second-order valence-corrected chi connectivity index (χ2v) is 5.05. The van der Waals surface area contributed by atoms with E-state index in [9.17, 15) is 5.11 Å². The first-order chi connectivity index (χ1) is 9.74. The number of imidazole rings is 1. The van der Waals surface area contributed by atoms with Crippen molar-refractivity contribution in [1.29, 1.82) is 0 Å². The predicted molar refractivity (Wildman–Crippen MR) is 76.1 cm³/mol. The number of rotatable bonds is 3. The minimum atomic E-state index is 0.278. The van der Waals surface area contributed by atoms with E-state index in [2.05, 4.69) is 21.4 Å². The third-order valence-electron chi connectivity index (χ3n) is 3.71. The Bertz CT molecular complexity index is 571. The van der Waals surface area contributed by atoms with Gasteiger partial charge in [-0.15, -0.1) is 0 Å². The van der Waals surface area contributed by atoms with Crippen molar-refractivity contribution in [2.45, 2.75) is 13.5 Å². The highest BCUT2D eigenvalue weighted by molar-refractivity contribution is 5.39. The molecule has 0 spiro atoms. The highest BCUT2D eigenvalue weighted by Gasteiger charge is 2.15. The largest absolute Gasteiger partial charge is 0.508 e. The standard InChI is InChI=1S/C15H19N3O2/c1-12-15(10-17-6-8-20-9-7-17)16-11-18(12)13-2-4-14(19)5-3-13/h2-5,11,19H,6-10H2,1H3. The molecular weight excluding hydrogens is 254 g/mol. The number of benzene rings is 1. The molecule has 1 N–H and O–H groups in total. The van der Waals surface area contributed by atoms with Crippen LogP contribution in [-0.2, 0) is 11.3 Å². The molecule has 1 aromatic heterocycles. The first-order valence-electron chi connectivity index (χ1n) is 6.86. The molecule has 2 heterocycles. The van der Waals surface area contributed by atoms with Crippen LogP contribution in [0.4, 0.5) is 0 Å². The van der Waals surface area contributed by atoms with E-state index in [0.29, 0.717) is 0 Å². The van der Waals surface area contributed by atoms with Gasteiger partial charge in [-0.05, 0) is 31.2 Å². The van der Waals surface area contributed by atoms with E-state index in [-0.39, 0.29) is 5.75 Å². The lowest BCUT2D eigenvalue weighted by molar-refractivity contribution is 0.0336. The highest BCUT2D eigenvalue weighted by atomic mass is 16.5. The Kier molecular flexibility index (Phi) is 3.71. The van der Waals surface area contributed by atoms with Crippen molar-refractivity contribution in [3.8, 4) is 11.4 Å². The predicted octanol–water partition coefficient (Wildman–Crippen LogP) is 1.72. The van der Waals surface area contributed by atoms with Crippen LogP contribution in [0.3, 0.4) is 0 Å². The Morgan fingerprint density at radius 1 is 1.20 bits per heavy atom. The van der Waals surface area contributed by atoms with Gasteiger partial charge in [-0.3, -0.25) is 4.90 Å². The summed E-state index contributed by atoms with van der Waals surface area (Å²) < 4.78 is 7.41. The Labute approximate surface area is 118 Å². The Morgan fingerprint density at radius 2 is 1.90 bits per heavy atom. The zero-order chi connectivity index (χ0) is 13.9. The molecule has 1 aromatic carbocycles. The molecule has 5 heteroatoms. The molecule has 1 fully saturated rings. The molecule has 1 saturated heterocycles. The second kappa shape index (κ2) is 5.64. The van der Waals surface area contributed by atoms with Gasteiger partial charge in [-0.1, -0.05) is 0 Å². The fourth-order valence-electron chi connectivity index (χ4n) is 2.45. The summed E-state index contributed by atoms with van der Waals surface area (Å²) >= 11 is 0. The van der Waals surface area contributed by atoms with Gasteiger partial charge < -0.3 is 14.4 Å². The van der Waals surface area contributed by atoms with E-state index in [0.717, 1.165) is 49.9 Å². The number of hydrogen-bond acceptors (Lipinski definition) is 4. The van der Waals surface area contributed by atoms with E-state index in [1.807, 2.05) is 18.5 Å². The molecule has 0 aliphatic carbocycles. The first-order valence-corrected chi connectivity index (χ1v) is 6.86. The van der Waals surface area contributed by atoms with Crippen LogP contribution in [0.5, 0.6) is 5.75 Å². The van der Waals surface area contributed by atoms with Crippen LogP contribution in [0.15, 0.2) is 30.6 Å². The topological polar surface area (TPSA) is 50.5 Å². The maximum atomic E-state index is 9.35. The number of aromatic nitrogens is 2. The van der Waals surface area contributed by atoms with Crippen molar-refractivity contribution < 1.29 is 9.84 Å². The Morgan fingerprint density at radius 3 is 2.60 bits per heavy atom. The second-order valence-electron chi connectivity index (χ2n) is 5.05. The molecule has 3 rings (SSSR count). The van der Waals surface area contributed by atoms with Crippen LogP contribution < -0.4 is 0 Å². The lowest BCUT2D eigenvalue weighted by atomic mass is 10.2. The van der Waals surface area contributed by atoms with E-state index in [1.54, 1.807) is 12.1 Å². The summed E-state index contributed by atoms with van der Waals surface area (Å²) in [6, 6.07) is 7.16. The van der Waals surface area contributed by atoms with Crippen LogP contribution >= 0.6 is 0 Å². The normalized spacial score (nSPS) is 16.4. The van der Waals surface area contributed by atoms with Crippen LogP contribution in [0.2, 0.25) is 0 Å². The number of phenolic OH excluding ortho intramolecular Hbond substituents is 1. The summed E-state index contributed by atoms with van der Waals surface area (Å²) in [6.07, 6.45) is 1.84. The van der Waals surface area contributed by atoms with Gasteiger partial charge in [0.05, 0.1) is 25.2 Å². The maximum Gasteiger partial charge on any atom is 0.115 e. The maximum absolute atomic E-state index is 9.35. The van der Waals surface area contributed by atoms with Gasteiger partial charge in [0, 0.05) is 31.0 Å². The van der Waals surface area contributed by atoms with E-state index >= 15 is 0 Å². The van der Waals surface area contributed by atoms with Crippen LogP contribution in [0.1, 0.15) is 11.4 Å². The molecule has 20 heavy (non-hydrogen) atoms. The van der Waals surface area contributed by atoms with Crippen molar-refractivity contribution >= 4 is 0 Å². The minimum Gasteiger partial charge on any atom is -0.508 e. The number of morpholine rings is 1. The number of nitrogens with zero attached hydrogens (tertiary/aromatic N) is 3. The summed E-state index contributed by atoms with van der Waals surface area (Å²) in [7, 11) is 0. The molecule has 2 aromatic rings. The minimum absolute atomic E-state index is 0.278. The zero-order valence-electron chi connectivity index (χ0n) is 11.6. The van der Waals surface area contributed by atoms with Gasteiger partial charge >= 0.3 is 0 Å². The quantitative estimate of drug-likeness (QED) is 0.925. The molecular formula is C15H19N3O2. The number of ether oxygens (including phenoxy) is 1. The van der Waals surface area contributed by atoms with Crippen molar-refractivity contribution in [3.05, 3.63) is 42.0 Å². The molecule has 0 radical (unpaired) electrons. The summed E-state index contributed by atoms with van der Waals surface area (Å²) in [5.74, 6) is 0.278. The molecule has 106 valence electrons. The lowest BCUT2D eigenvalue weighted by Gasteiger charge is -2.26. The molecule has 1 aliphatic rings. The Hall–Kier alpha value is -1.85. The molecule has 0 amide bonds. The molecule has 0 saturated carbocycles. The fraction of sp³-hybridized carbons (Fsp3) is 0.400. The third kappa shape index (κ3) is 2.69. The van der Waals surface area contributed by atoms with Crippen LogP contribution in [0.25, 0.3) is 5.69 Å². The smallest absolute Gasteiger partial charge is 0.115 e. The number of hydrogen-bond donors (Lipinski definition) is 1. The molecule has 5 nitrogen and oxygen atoms in total. The average Bonchev–Trinajstić information content (AvgIpc) is 2.83. The molecule has 0 bridgehead atoms. The van der Waals surface area contributed by atoms with Gasteiger partial charge in [-0.2, -0.15) is 0 Å². The highest BCUT2D eigenvalue weighted by Crippen LogP contribution is 2.18. The lowest BCUT2D eigenvalue weighted by Crippen LogP contribution is -2.35. The number of aromatic hydroxyl groups is 1. The summed E-state index contributed by atoms with van der Waals surface area (Å²) in [4.78, 5) is 6.89. The fourth-order valence-corrected chi connectivity index (χ4v) is 2.45. The van der Waals surface area contributed by atoms with Gasteiger partial charge in [0.1, 0.15) is 5.75 Å². The van der Waals surface area contributed by atoms with Gasteiger partial charge in [0.25, 0.3) is 0 Å². The first kappa shape index (κ1) is 13.1. The molecule has 0 atom stereocenters. The summed E-state index contributed by atoms with van der Waals surface area (Å²) in [5, 5.41) is 9.35. The summed E-state index contributed by atoms with van der Waals surface area (Å²) in [6.45, 7) is 6.47. The average molecular weight is 273 g/mol. The summed E-state index contributed by atoms with van der Waals surface area (Å²) in [5.41, 5.74) is 3.25. The molecule has 1 aliphatic heterocycles. The van der Waals surface area contributed by atoms with E-state index in [1.165, 1.54) is 0 Å². The van der Waals surface area contributed by atoms with Gasteiger partial charge in [0.2, 0.25) is 0 Å². The van der Waals surface area contributed by atoms with Crippen LogP contribution in [0, 0.1) is 6.92 Å². The molecule has 0 unspecified atom stereocenters. The Balaban J connectivity index is 1.79.